The topological polar surface area (TPSA) is 50.8 Å². The van der Waals surface area contributed by atoms with Crippen LogP contribution in [0.15, 0.2) is 24.3 Å². The summed E-state index contributed by atoms with van der Waals surface area (Å²) in [6.07, 6.45) is 1.37. The van der Waals surface area contributed by atoms with Crippen LogP contribution in [0, 0.1) is 5.92 Å². The Hall–Kier alpha value is -1.73. The van der Waals surface area contributed by atoms with Gasteiger partial charge in [-0.25, -0.2) is 0 Å². The highest BCUT2D eigenvalue weighted by molar-refractivity contribution is 5.79. The minimum Gasteiger partial charge on any atom is -0.435 e. The number of carbonyl (C=O) groups excluding carboxylic acids is 1. The molecule has 5 nitrogen and oxygen atoms in total. The van der Waals surface area contributed by atoms with E-state index in [0.717, 1.165) is 24.9 Å². The molecule has 3 rings (SSSR count). The average molecular weight is 354 g/mol. The van der Waals surface area contributed by atoms with Crippen molar-refractivity contribution in [3.63, 3.8) is 0 Å². The third kappa shape index (κ3) is 4.67. The first-order chi connectivity index (χ1) is 12.0. The summed E-state index contributed by atoms with van der Waals surface area (Å²) in [5.41, 5.74) is 0.745. The lowest BCUT2D eigenvalue weighted by molar-refractivity contribution is -0.144. The van der Waals surface area contributed by atoms with Crippen molar-refractivity contribution in [2.75, 3.05) is 26.2 Å². The third-order valence-electron chi connectivity index (χ3n) is 4.81. The SMILES string of the molecule is C[C@H]1C[C@@H](C(=O)N2CCOC(c3cccc(OC(F)F)c3)C2)CCN1. The van der Waals surface area contributed by atoms with E-state index >= 15 is 0 Å². The summed E-state index contributed by atoms with van der Waals surface area (Å²) < 4.78 is 35.0. The van der Waals surface area contributed by atoms with Gasteiger partial charge >= 0.3 is 6.61 Å². The van der Waals surface area contributed by atoms with E-state index in [-0.39, 0.29) is 23.7 Å². The number of ether oxygens (including phenoxy) is 2. The second-order valence-corrected chi connectivity index (χ2v) is 6.67. The van der Waals surface area contributed by atoms with Crippen molar-refractivity contribution in [3.8, 4) is 5.75 Å². The summed E-state index contributed by atoms with van der Waals surface area (Å²) in [4.78, 5) is 14.7. The quantitative estimate of drug-likeness (QED) is 0.903. The van der Waals surface area contributed by atoms with Crippen molar-refractivity contribution >= 4 is 5.91 Å². The van der Waals surface area contributed by atoms with E-state index in [4.69, 9.17) is 4.74 Å². The molecule has 0 radical (unpaired) electrons. The lowest BCUT2D eigenvalue weighted by atomic mass is 9.91. The van der Waals surface area contributed by atoms with E-state index in [1.54, 1.807) is 12.1 Å². The lowest BCUT2D eigenvalue weighted by Gasteiger charge is -2.37. The Morgan fingerprint density at radius 3 is 3.04 bits per heavy atom. The van der Waals surface area contributed by atoms with Gasteiger partial charge in [-0.3, -0.25) is 4.79 Å². The van der Waals surface area contributed by atoms with Gasteiger partial charge in [-0.2, -0.15) is 8.78 Å². The molecule has 0 aromatic heterocycles. The number of nitrogens with zero attached hydrogens (tertiary/aromatic N) is 1. The average Bonchev–Trinajstić information content (AvgIpc) is 2.61. The molecule has 0 spiro atoms. The number of piperidine rings is 1. The van der Waals surface area contributed by atoms with Crippen molar-refractivity contribution < 1.29 is 23.0 Å². The van der Waals surface area contributed by atoms with E-state index in [9.17, 15) is 13.6 Å². The molecule has 2 fully saturated rings. The Balaban J connectivity index is 1.65. The zero-order chi connectivity index (χ0) is 17.8. The zero-order valence-corrected chi connectivity index (χ0v) is 14.3. The molecule has 25 heavy (non-hydrogen) atoms. The molecular weight excluding hydrogens is 330 g/mol. The Labute approximate surface area is 146 Å². The highest BCUT2D eigenvalue weighted by Crippen LogP contribution is 2.28. The minimum absolute atomic E-state index is 0.0449. The summed E-state index contributed by atoms with van der Waals surface area (Å²) >= 11 is 0. The summed E-state index contributed by atoms with van der Waals surface area (Å²) in [6, 6.07) is 6.85. The van der Waals surface area contributed by atoms with Crippen LogP contribution >= 0.6 is 0 Å². The first kappa shape index (κ1) is 18.1. The third-order valence-corrected chi connectivity index (χ3v) is 4.81. The van der Waals surface area contributed by atoms with Crippen molar-refractivity contribution in [3.05, 3.63) is 29.8 Å². The van der Waals surface area contributed by atoms with Gasteiger partial charge in [0.05, 0.1) is 13.2 Å². The first-order valence-corrected chi connectivity index (χ1v) is 8.71. The van der Waals surface area contributed by atoms with Crippen LogP contribution in [0.25, 0.3) is 0 Å². The van der Waals surface area contributed by atoms with Crippen molar-refractivity contribution in [2.45, 2.75) is 38.5 Å². The summed E-state index contributed by atoms with van der Waals surface area (Å²) in [7, 11) is 0. The molecule has 0 bridgehead atoms. The molecule has 138 valence electrons. The van der Waals surface area contributed by atoms with Crippen LogP contribution in [0.3, 0.4) is 0 Å². The first-order valence-electron chi connectivity index (χ1n) is 8.71. The molecule has 1 amide bonds. The smallest absolute Gasteiger partial charge is 0.387 e. The number of rotatable bonds is 4. The van der Waals surface area contributed by atoms with Crippen LogP contribution in [-0.2, 0) is 9.53 Å². The number of hydrogen-bond donors (Lipinski definition) is 1. The van der Waals surface area contributed by atoms with Crippen LogP contribution in [0.4, 0.5) is 8.78 Å². The molecule has 3 atom stereocenters. The molecule has 1 N–H and O–H groups in total. The Morgan fingerprint density at radius 1 is 1.44 bits per heavy atom. The van der Waals surface area contributed by atoms with Crippen LogP contribution in [0.2, 0.25) is 0 Å². The number of hydrogen-bond acceptors (Lipinski definition) is 4. The maximum Gasteiger partial charge on any atom is 0.387 e. The number of halogens is 2. The molecule has 2 aliphatic heterocycles. The molecule has 0 saturated carbocycles. The molecule has 1 aromatic carbocycles. The van der Waals surface area contributed by atoms with Crippen molar-refractivity contribution in [1.29, 1.82) is 0 Å². The van der Waals surface area contributed by atoms with E-state index in [2.05, 4.69) is 17.0 Å². The molecule has 2 saturated heterocycles. The monoisotopic (exact) mass is 354 g/mol. The van der Waals surface area contributed by atoms with Crippen LogP contribution in [0.5, 0.6) is 5.75 Å². The second-order valence-electron chi connectivity index (χ2n) is 6.67. The Kier molecular flexibility index (Phi) is 5.86. The van der Waals surface area contributed by atoms with Crippen molar-refractivity contribution in [1.82, 2.24) is 10.2 Å². The summed E-state index contributed by atoms with van der Waals surface area (Å²) in [6.45, 7) is 1.55. The van der Waals surface area contributed by atoms with Gasteiger partial charge in [0.2, 0.25) is 5.91 Å². The molecular formula is C18H24F2N2O3. The van der Waals surface area contributed by atoms with E-state index in [1.165, 1.54) is 6.07 Å². The van der Waals surface area contributed by atoms with Gasteiger partial charge in [0, 0.05) is 18.5 Å². The van der Waals surface area contributed by atoms with Crippen LogP contribution < -0.4 is 10.1 Å². The highest BCUT2D eigenvalue weighted by Gasteiger charge is 2.32. The lowest BCUT2D eigenvalue weighted by Crippen LogP contribution is -2.48. The molecule has 1 unspecified atom stereocenters. The molecule has 0 aliphatic carbocycles. The van der Waals surface area contributed by atoms with Gasteiger partial charge in [-0.05, 0) is 44.0 Å². The normalized spacial score (nSPS) is 27.4. The highest BCUT2D eigenvalue weighted by atomic mass is 19.3. The zero-order valence-electron chi connectivity index (χ0n) is 14.3. The number of morpholine rings is 1. The van der Waals surface area contributed by atoms with E-state index in [0.29, 0.717) is 25.7 Å². The number of carbonyl (C=O) groups is 1. The van der Waals surface area contributed by atoms with E-state index in [1.807, 2.05) is 11.0 Å². The van der Waals surface area contributed by atoms with Gasteiger partial charge < -0.3 is 19.7 Å². The second kappa shape index (κ2) is 8.10. The maximum absolute atomic E-state index is 12.8. The molecule has 1 aromatic rings. The minimum atomic E-state index is -2.86. The standard InChI is InChI=1S/C18H24F2N2O3/c1-12-9-14(5-6-21-12)17(23)22-7-8-24-16(11-22)13-3-2-4-15(10-13)25-18(19)20/h2-4,10,12,14,16,18,21H,5-9,11H2,1H3/t12-,14-,16?/m0/s1. The summed E-state index contributed by atoms with van der Waals surface area (Å²) in [5.74, 6) is 0.317. The molecule has 7 heteroatoms. The Morgan fingerprint density at radius 2 is 2.28 bits per heavy atom. The number of benzene rings is 1. The fraction of sp³-hybridized carbons (Fsp3) is 0.611. The van der Waals surface area contributed by atoms with Gasteiger partial charge in [-0.1, -0.05) is 12.1 Å². The van der Waals surface area contributed by atoms with Gasteiger partial charge in [0.15, 0.2) is 0 Å². The fourth-order valence-corrected chi connectivity index (χ4v) is 3.56. The maximum atomic E-state index is 12.8. The summed E-state index contributed by atoms with van der Waals surface area (Å²) in [5, 5.41) is 3.36. The number of alkyl halides is 2. The predicted molar refractivity (Wildman–Crippen MR) is 88.5 cm³/mol. The predicted octanol–water partition coefficient (Wildman–Crippen LogP) is 2.58. The largest absolute Gasteiger partial charge is 0.435 e. The molecule has 2 aliphatic rings. The van der Waals surface area contributed by atoms with Crippen LogP contribution in [-0.4, -0.2) is 49.7 Å². The number of nitrogens with one attached hydrogen (secondary N) is 1. The number of amides is 1. The van der Waals surface area contributed by atoms with Crippen molar-refractivity contribution in [2.24, 2.45) is 5.92 Å². The van der Waals surface area contributed by atoms with Gasteiger partial charge in [0.25, 0.3) is 0 Å². The van der Waals surface area contributed by atoms with E-state index < -0.39 is 6.61 Å². The van der Waals surface area contributed by atoms with Gasteiger partial charge in [-0.15, -0.1) is 0 Å². The molecule has 2 heterocycles. The Bertz CT molecular complexity index is 599. The van der Waals surface area contributed by atoms with Gasteiger partial charge in [0.1, 0.15) is 11.9 Å². The van der Waals surface area contributed by atoms with Crippen LogP contribution in [0.1, 0.15) is 31.4 Å². The fourth-order valence-electron chi connectivity index (χ4n) is 3.56.